The second-order valence-electron chi connectivity index (χ2n) is 4.02. The molecule has 0 aliphatic carbocycles. The van der Waals surface area contributed by atoms with Crippen molar-refractivity contribution in [3.63, 3.8) is 0 Å². The Morgan fingerprint density at radius 2 is 1.65 bits per heavy atom. The highest BCUT2D eigenvalue weighted by Crippen LogP contribution is 2.31. The van der Waals surface area contributed by atoms with Gasteiger partial charge >= 0.3 is 6.36 Å². The minimum atomic E-state index is -4.69. The van der Waals surface area contributed by atoms with Crippen LogP contribution in [0.1, 0.15) is 5.56 Å². The quantitative estimate of drug-likeness (QED) is 0.664. The van der Waals surface area contributed by atoms with Gasteiger partial charge in [0, 0.05) is 16.5 Å². The van der Waals surface area contributed by atoms with Crippen molar-refractivity contribution in [3.8, 4) is 16.9 Å². The largest absolute Gasteiger partial charge is 0.573 e. The predicted octanol–water partition coefficient (Wildman–Crippen LogP) is 5.64. The van der Waals surface area contributed by atoms with E-state index >= 15 is 0 Å². The van der Waals surface area contributed by atoms with Crippen molar-refractivity contribution in [1.29, 1.82) is 0 Å². The summed E-state index contributed by atoms with van der Waals surface area (Å²) in [5.41, 5.74) is 2.29. The van der Waals surface area contributed by atoms with Gasteiger partial charge in [-0.15, -0.1) is 24.8 Å². The van der Waals surface area contributed by atoms with Crippen molar-refractivity contribution in [1.82, 2.24) is 0 Å². The van der Waals surface area contributed by atoms with Crippen LogP contribution in [-0.4, -0.2) is 6.36 Å². The average Bonchev–Trinajstić information content (AvgIpc) is 2.38. The van der Waals surface area contributed by atoms with Gasteiger partial charge in [0.25, 0.3) is 0 Å². The fourth-order valence-electron chi connectivity index (χ4n) is 1.71. The number of rotatable bonds is 3. The summed E-state index contributed by atoms with van der Waals surface area (Å²) in [5.74, 6) is 0.0768. The lowest BCUT2D eigenvalue weighted by Gasteiger charge is -2.10. The molecule has 0 saturated heterocycles. The highest BCUT2D eigenvalue weighted by molar-refractivity contribution is 6.33. The van der Waals surface area contributed by atoms with Gasteiger partial charge in [0.05, 0.1) is 0 Å². The van der Waals surface area contributed by atoms with Crippen LogP contribution in [0.2, 0.25) is 5.02 Å². The van der Waals surface area contributed by atoms with Crippen LogP contribution in [0.3, 0.4) is 0 Å². The van der Waals surface area contributed by atoms with Crippen LogP contribution in [-0.2, 0) is 5.88 Å². The Morgan fingerprint density at radius 1 is 1.00 bits per heavy atom. The molecule has 2 aromatic rings. The van der Waals surface area contributed by atoms with Crippen LogP contribution in [0.15, 0.2) is 42.5 Å². The Bertz CT molecular complexity index is 594. The molecule has 0 aliphatic heterocycles. The van der Waals surface area contributed by atoms with Gasteiger partial charge in [0.1, 0.15) is 5.75 Å². The van der Waals surface area contributed by atoms with E-state index in [4.69, 9.17) is 23.2 Å². The van der Waals surface area contributed by atoms with Crippen LogP contribution in [0, 0.1) is 0 Å². The molecule has 0 fully saturated rings. The molecule has 0 spiro atoms. The average molecular weight is 321 g/mol. The molecule has 2 aromatic carbocycles. The van der Waals surface area contributed by atoms with Crippen molar-refractivity contribution in [2.75, 3.05) is 0 Å². The van der Waals surface area contributed by atoms with Crippen LogP contribution in [0.4, 0.5) is 13.2 Å². The SMILES string of the molecule is FC(F)(F)Oc1ccc(-c2ccc(CCl)cc2Cl)cc1. The van der Waals surface area contributed by atoms with Gasteiger partial charge in [-0.05, 0) is 29.3 Å². The lowest BCUT2D eigenvalue weighted by Crippen LogP contribution is -2.16. The van der Waals surface area contributed by atoms with E-state index in [0.717, 1.165) is 11.1 Å². The molecule has 0 saturated carbocycles. The molecule has 0 unspecified atom stereocenters. The molecule has 6 heteroatoms. The van der Waals surface area contributed by atoms with Gasteiger partial charge in [-0.2, -0.15) is 0 Å². The second-order valence-corrected chi connectivity index (χ2v) is 4.69. The second kappa shape index (κ2) is 5.94. The first-order valence-corrected chi connectivity index (χ1v) is 6.51. The third kappa shape index (κ3) is 3.81. The fourth-order valence-corrected chi connectivity index (χ4v) is 2.19. The minimum absolute atomic E-state index is 0.269. The summed E-state index contributed by atoms with van der Waals surface area (Å²) in [6.45, 7) is 0. The van der Waals surface area contributed by atoms with Gasteiger partial charge in [-0.3, -0.25) is 0 Å². The van der Waals surface area contributed by atoms with Crippen LogP contribution >= 0.6 is 23.2 Å². The van der Waals surface area contributed by atoms with E-state index in [1.165, 1.54) is 24.3 Å². The number of hydrogen-bond acceptors (Lipinski definition) is 1. The summed E-state index contributed by atoms with van der Waals surface area (Å²) in [4.78, 5) is 0. The van der Waals surface area contributed by atoms with E-state index in [-0.39, 0.29) is 5.75 Å². The molecule has 2 rings (SSSR count). The molecule has 0 amide bonds. The lowest BCUT2D eigenvalue weighted by molar-refractivity contribution is -0.274. The Hall–Kier alpha value is -1.39. The smallest absolute Gasteiger partial charge is 0.406 e. The number of benzene rings is 2. The Morgan fingerprint density at radius 3 is 2.15 bits per heavy atom. The van der Waals surface area contributed by atoms with E-state index in [2.05, 4.69) is 4.74 Å². The fraction of sp³-hybridized carbons (Fsp3) is 0.143. The van der Waals surface area contributed by atoms with Gasteiger partial charge in [-0.25, -0.2) is 0 Å². The van der Waals surface area contributed by atoms with Crippen molar-refractivity contribution in [2.24, 2.45) is 0 Å². The van der Waals surface area contributed by atoms with E-state index in [0.29, 0.717) is 16.5 Å². The van der Waals surface area contributed by atoms with E-state index in [1.807, 2.05) is 6.07 Å². The molecule has 0 aromatic heterocycles. The number of hydrogen-bond donors (Lipinski definition) is 0. The first-order chi connectivity index (χ1) is 9.39. The highest BCUT2D eigenvalue weighted by Gasteiger charge is 2.30. The Kier molecular flexibility index (Phi) is 4.45. The Balaban J connectivity index is 2.26. The summed E-state index contributed by atoms with van der Waals surface area (Å²) in [7, 11) is 0. The molecule has 1 nitrogen and oxygen atoms in total. The molecule has 0 atom stereocenters. The van der Waals surface area contributed by atoms with Crippen molar-refractivity contribution < 1.29 is 17.9 Å². The number of halogens is 5. The van der Waals surface area contributed by atoms with Gasteiger partial charge in [-0.1, -0.05) is 35.9 Å². The first-order valence-electron chi connectivity index (χ1n) is 5.59. The third-order valence-corrected chi connectivity index (χ3v) is 3.21. The maximum atomic E-state index is 12.1. The van der Waals surface area contributed by atoms with E-state index < -0.39 is 6.36 Å². The monoisotopic (exact) mass is 320 g/mol. The van der Waals surface area contributed by atoms with Crippen LogP contribution in [0.5, 0.6) is 5.75 Å². The zero-order chi connectivity index (χ0) is 14.8. The van der Waals surface area contributed by atoms with Gasteiger partial charge in [0.2, 0.25) is 0 Å². The maximum absolute atomic E-state index is 12.1. The third-order valence-electron chi connectivity index (χ3n) is 2.59. The summed E-state index contributed by atoms with van der Waals surface area (Å²) < 4.78 is 40.0. The molecule has 0 radical (unpaired) electrons. The molecular formula is C14H9Cl2F3O. The molecular weight excluding hydrogens is 312 g/mol. The summed E-state index contributed by atoms with van der Waals surface area (Å²) >= 11 is 11.8. The molecule has 0 aliphatic rings. The summed E-state index contributed by atoms with van der Waals surface area (Å²) in [6.07, 6.45) is -4.69. The topological polar surface area (TPSA) is 9.23 Å². The summed E-state index contributed by atoms with van der Waals surface area (Å²) in [5, 5.41) is 0.493. The van der Waals surface area contributed by atoms with Crippen molar-refractivity contribution in [3.05, 3.63) is 53.1 Å². The lowest BCUT2D eigenvalue weighted by atomic mass is 10.0. The molecule has 0 heterocycles. The van der Waals surface area contributed by atoms with Gasteiger partial charge < -0.3 is 4.74 Å². The molecule has 20 heavy (non-hydrogen) atoms. The zero-order valence-electron chi connectivity index (χ0n) is 10.0. The Labute approximate surface area is 123 Å². The van der Waals surface area contributed by atoms with Crippen LogP contribution < -0.4 is 4.74 Å². The molecule has 0 bridgehead atoms. The molecule has 0 N–H and O–H groups in total. The predicted molar refractivity (Wildman–Crippen MR) is 73.1 cm³/mol. The van der Waals surface area contributed by atoms with Crippen molar-refractivity contribution in [2.45, 2.75) is 12.2 Å². The number of ether oxygens (including phenoxy) is 1. The van der Waals surface area contributed by atoms with E-state index in [9.17, 15) is 13.2 Å². The van der Waals surface area contributed by atoms with Crippen molar-refractivity contribution >= 4 is 23.2 Å². The number of alkyl halides is 4. The molecule has 106 valence electrons. The van der Waals surface area contributed by atoms with E-state index in [1.54, 1.807) is 12.1 Å². The highest BCUT2D eigenvalue weighted by atomic mass is 35.5. The first kappa shape index (κ1) is 15.0. The standard InChI is InChI=1S/C14H9Cl2F3O/c15-8-9-1-6-12(13(16)7-9)10-2-4-11(5-3-10)20-14(17,18)19/h1-7H,8H2. The van der Waals surface area contributed by atoms with Crippen LogP contribution in [0.25, 0.3) is 11.1 Å². The normalized spacial score (nSPS) is 11.4. The van der Waals surface area contributed by atoms with Gasteiger partial charge in [0.15, 0.2) is 0 Å². The summed E-state index contributed by atoms with van der Waals surface area (Å²) in [6, 6.07) is 10.8. The zero-order valence-corrected chi connectivity index (χ0v) is 11.6. The maximum Gasteiger partial charge on any atom is 0.573 e. The minimum Gasteiger partial charge on any atom is -0.406 e.